The molecule has 1 aliphatic rings. The van der Waals surface area contributed by atoms with Crippen LogP contribution in [0.1, 0.15) is 12.0 Å². The molecule has 0 saturated carbocycles. The normalized spacial score (nSPS) is 14.3. The zero-order valence-corrected chi connectivity index (χ0v) is 13.3. The SMILES string of the molecule is Clc1ccc2c(c1)N=C(SCc1ccccc1)CCS2. The molecule has 0 aliphatic carbocycles. The van der Waals surface area contributed by atoms with Gasteiger partial charge in [-0.3, -0.25) is 0 Å². The summed E-state index contributed by atoms with van der Waals surface area (Å²) in [6.45, 7) is 0. The number of hydrogen-bond donors (Lipinski definition) is 0. The summed E-state index contributed by atoms with van der Waals surface area (Å²) in [5, 5.41) is 1.95. The van der Waals surface area contributed by atoms with Crippen molar-refractivity contribution in [2.24, 2.45) is 4.99 Å². The van der Waals surface area contributed by atoms with Crippen LogP contribution in [0, 0.1) is 0 Å². The number of benzene rings is 2. The smallest absolute Gasteiger partial charge is 0.0789 e. The standard InChI is InChI=1S/C16H14ClNS2/c17-13-6-7-15-14(10-13)18-16(8-9-19-15)20-11-12-4-2-1-3-5-12/h1-7,10H,8-9,11H2. The van der Waals surface area contributed by atoms with E-state index < -0.39 is 0 Å². The first kappa shape index (κ1) is 14.1. The maximum absolute atomic E-state index is 6.07. The molecule has 0 fully saturated rings. The maximum atomic E-state index is 6.07. The molecule has 0 saturated heterocycles. The van der Waals surface area contributed by atoms with Gasteiger partial charge in [0.25, 0.3) is 0 Å². The Morgan fingerprint density at radius 2 is 2.00 bits per heavy atom. The summed E-state index contributed by atoms with van der Waals surface area (Å²) in [6.07, 6.45) is 1.02. The molecule has 2 aromatic rings. The fraction of sp³-hybridized carbons (Fsp3) is 0.188. The lowest BCUT2D eigenvalue weighted by atomic mass is 10.2. The van der Waals surface area contributed by atoms with Gasteiger partial charge in [0.15, 0.2) is 0 Å². The average molecular weight is 320 g/mol. The van der Waals surface area contributed by atoms with E-state index in [1.165, 1.54) is 15.5 Å². The second-order valence-corrected chi connectivity index (χ2v) is 7.11. The minimum atomic E-state index is 0.752. The van der Waals surface area contributed by atoms with E-state index in [-0.39, 0.29) is 0 Å². The minimum absolute atomic E-state index is 0.752. The number of hydrogen-bond acceptors (Lipinski definition) is 3. The van der Waals surface area contributed by atoms with Crippen LogP contribution in [0.3, 0.4) is 0 Å². The summed E-state index contributed by atoms with van der Waals surface area (Å²) in [5.41, 5.74) is 2.35. The number of nitrogens with zero attached hydrogens (tertiary/aromatic N) is 1. The lowest BCUT2D eigenvalue weighted by molar-refractivity contribution is 1.33. The van der Waals surface area contributed by atoms with E-state index in [2.05, 4.69) is 30.3 Å². The number of aliphatic imine (C=N–C) groups is 1. The third-order valence-electron chi connectivity index (χ3n) is 2.99. The molecule has 0 aromatic heterocycles. The highest BCUT2D eigenvalue weighted by molar-refractivity contribution is 8.13. The number of rotatable bonds is 2. The molecule has 0 spiro atoms. The van der Waals surface area contributed by atoms with Gasteiger partial charge >= 0.3 is 0 Å². The van der Waals surface area contributed by atoms with Crippen molar-refractivity contribution < 1.29 is 0 Å². The van der Waals surface area contributed by atoms with Crippen LogP contribution >= 0.6 is 35.1 Å². The fourth-order valence-electron chi connectivity index (χ4n) is 1.98. The van der Waals surface area contributed by atoms with E-state index in [4.69, 9.17) is 16.6 Å². The summed E-state index contributed by atoms with van der Waals surface area (Å²) in [5.74, 6) is 2.05. The highest BCUT2D eigenvalue weighted by Crippen LogP contribution is 2.36. The van der Waals surface area contributed by atoms with E-state index in [1.807, 2.05) is 41.7 Å². The predicted molar refractivity (Wildman–Crippen MR) is 91.6 cm³/mol. The van der Waals surface area contributed by atoms with Gasteiger partial charge in [-0.2, -0.15) is 0 Å². The Labute approximate surface area is 132 Å². The van der Waals surface area contributed by atoms with Crippen LogP contribution in [0.25, 0.3) is 0 Å². The predicted octanol–water partition coefficient (Wildman–Crippen LogP) is 5.80. The Hall–Kier alpha value is -0.900. The lowest BCUT2D eigenvalue weighted by Gasteiger charge is -2.04. The summed E-state index contributed by atoms with van der Waals surface area (Å²) < 4.78 is 0. The zero-order valence-electron chi connectivity index (χ0n) is 10.9. The molecule has 0 radical (unpaired) electrons. The molecule has 20 heavy (non-hydrogen) atoms. The molecule has 4 heteroatoms. The molecule has 0 N–H and O–H groups in total. The van der Waals surface area contributed by atoms with Gasteiger partial charge in [0, 0.05) is 27.8 Å². The molecule has 0 unspecified atom stereocenters. The first-order valence-electron chi connectivity index (χ1n) is 6.48. The van der Waals surface area contributed by atoms with Crippen LogP contribution in [0.15, 0.2) is 58.4 Å². The van der Waals surface area contributed by atoms with E-state index in [0.29, 0.717) is 0 Å². The zero-order chi connectivity index (χ0) is 13.8. The Morgan fingerprint density at radius 3 is 2.85 bits per heavy atom. The van der Waals surface area contributed by atoms with E-state index in [9.17, 15) is 0 Å². The third-order valence-corrected chi connectivity index (χ3v) is 5.39. The Kier molecular flexibility index (Phi) is 4.71. The van der Waals surface area contributed by atoms with Gasteiger partial charge in [-0.25, -0.2) is 4.99 Å². The van der Waals surface area contributed by atoms with Crippen LogP contribution in [0.5, 0.6) is 0 Å². The van der Waals surface area contributed by atoms with Crippen LogP contribution in [-0.2, 0) is 5.75 Å². The summed E-state index contributed by atoms with van der Waals surface area (Å²) >= 11 is 9.75. The average Bonchev–Trinajstić information content (AvgIpc) is 2.67. The minimum Gasteiger partial charge on any atom is -0.245 e. The molecule has 0 amide bonds. The molecular formula is C16H14ClNS2. The summed E-state index contributed by atoms with van der Waals surface area (Å²) in [6, 6.07) is 16.5. The monoisotopic (exact) mass is 319 g/mol. The number of fused-ring (bicyclic) bond motifs is 1. The van der Waals surface area contributed by atoms with Gasteiger partial charge in [-0.15, -0.1) is 23.5 Å². The van der Waals surface area contributed by atoms with Crippen molar-refractivity contribution in [1.29, 1.82) is 0 Å². The molecule has 1 nitrogen and oxygen atoms in total. The Morgan fingerprint density at radius 1 is 1.15 bits per heavy atom. The lowest BCUT2D eigenvalue weighted by Crippen LogP contribution is -1.94. The molecule has 1 heterocycles. The number of halogens is 1. The molecular weight excluding hydrogens is 306 g/mol. The second-order valence-electron chi connectivity index (χ2n) is 4.49. The maximum Gasteiger partial charge on any atom is 0.0789 e. The van der Waals surface area contributed by atoms with Gasteiger partial charge in [0.05, 0.1) is 10.7 Å². The first-order valence-corrected chi connectivity index (χ1v) is 8.83. The topological polar surface area (TPSA) is 12.4 Å². The summed E-state index contributed by atoms with van der Waals surface area (Å²) in [7, 11) is 0. The largest absolute Gasteiger partial charge is 0.245 e. The van der Waals surface area contributed by atoms with Gasteiger partial charge < -0.3 is 0 Å². The third kappa shape index (κ3) is 3.60. The highest BCUT2D eigenvalue weighted by Gasteiger charge is 2.11. The molecule has 1 aliphatic heterocycles. The van der Waals surface area contributed by atoms with E-state index in [1.54, 1.807) is 0 Å². The van der Waals surface area contributed by atoms with Crippen molar-refractivity contribution in [2.75, 3.05) is 5.75 Å². The van der Waals surface area contributed by atoms with Crippen LogP contribution in [0.2, 0.25) is 5.02 Å². The number of thioether (sulfide) groups is 2. The second kappa shape index (κ2) is 6.70. The molecule has 0 bridgehead atoms. The van der Waals surface area contributed by atoms with Crippen LogP contribution in [-0.4, -0.2) is 10.8 Å². The Balaban J connectivity index is 1.76. The van der Waals surface area contributed by atoms with Crippen LogP contribution in [0.4, 0.5) is 5.69 Å². The van der Waals surface area contributed by atoms with Crippen molar-refractivity contribution in [1.82, 2.24) is 0 Å². The van der Waals surface area contributed by atoms with Gasteiger partial charge in [-0.1, -0.05) is 41.9 Å². The van der Waals surface area contributed by atoms with Gasteiger partial charge in [0.2, 0.25) is 0 Å². The highest BCUT2D eigenvalue weighted by atomic mass is 35.5. The van der Waals surface area contributed by atoms with Crippen molar-refractivity contribution in [2.45, 2.75) is 17.1 Å². The quantitative estimate of drug-likeness (QED) is 0.693. The Bertz CT molecular complexity index is 626. The van der Waals surface area contributed by atoms with Gasteiger partial charge in [-0.05, 0) is 23.8 Å². The van der Waals surface area contributed by atoms with Crippen molar-refractivity contribution >= 4 is 45.9 Å². The van der Waals surface area contributed by atoms with E-state index in [0.717, 1.165) is 28.6 Å². The van der Waals surface area contributed by atoms with Crippen molar-refractivity contribution in [3.63, 3.8) is 0 Å². The molecule has 2 aromatic carbocycles. The molecule has 102 valence electrons. The fourth-order valence-corrected chi connectivity index (χ4v) is 4.15. The van der Waals surface area contributed by atoms with Crippen molar-refractivity contribution in [3.05, 3.63) is 59.1 Å². The van der Waals surface area contributed by atoms with Crippen LogP contribution < -0.4 is 0 Å². The molecule has 0 atom stereocenters. The van der Waals surface area contributed by atoms with E-state index >= 15 is 0 Å². The van der Waals surface area contributed by atoms with Gasteiger partial charge in [0.1, 0.15) is 0 Å². The van der Waals surface area contributed by atoms with Crippen molar-refractivity contribution in [3.8, 4) is 0 Å². The summed E-state index contributed by atoms with van der Waals surface area (Å²) in [4.78, 5) is 6.02. The molecule has 3 rings (SSSR count). The first-order chi connectivity index (χ1) is 9.81.